The van der Waals surface area contributed by atoms with E-state index in [1.54, 1.807) is 6.07 Å². The van der Waals surface area contributed by atoms with Crippen LogP contribution in [0.5, 0.6) is 5.75 Å². The van der Waals surface area contributed by atoms with Gasteiger partial charge in [-0.25, -0.2) is 17.2 Å². The number of benzene rings is 2. The van der Waals surface area contributed by atoms with Crippen molar-refractivity contribution >= 4 is 15.9 Å². The number of hydrogen-bond donors (Lipinski definition) is 0. The molecule has 1 aliphatic heterocycles. The van der Waals surface area contributed by atoms with Crippen LogP contribution in [0.3, 0.4) is 0 Å². The fraction of sp³-hybridized carbons (Fsp3) is 0.0667. The monoisotopic (exact) mass is 308 g/mol. The Kier molecular flexibility index (Phi) is 3.25. The van der Waals surface area contributed by atoms with Crippen molar-refractivity contribution in [2.24, 2.45) is 0 Å². The van der Waals surface area contributed by atoms with Gasteiger partial charge in [-0.05, 0) is 42.0 Å². The van der Waals surface area contributed by atoms with Crippen LogP contribution in [0.25, 0.3) is 6.08 Å². The van der Waals surface area contributed by atoms with Gasteiger partial charge in [-0.3, -0.25) is 0 Å². The first-order chi connectivity index (χ1) is 9.98. The van der Waals surface area contributed by atoms with Crippen LogP contribution in [0, 0.1) is 11.6 Å². The van der Waals surface area contributed by atoms with Gasteiger partial charge in [0.1, 0.15) is 12.4 Å². The smallest absolute Gasteiger partial charge is 0.206 e. The number of rotatable bonds is 3. The standard InChI is InChI=1S/C15H10F2O3S/c16-11-5-6-15-10(7-11)8-12(21(15,18)19)9-20-14-4-2-1-3-13(14)17/h1-8H,9H2. The molecule has 3 rings (SSSR count). The van der Waals surface area contributed by atoms with Crippen LogP contribution >= 0.6 is 0 Å². The summed E-state index contributed by atoms with van der Waals surface area (Å²) in [7, 11) is -3.70. The quantitative estimate of drug-likeness (QED) is 0.818. The van der Waals surface area contributed by atoms with Gasteiger partial charge >= 0.3 is 0 Å². The van der Waals surface area contributed by atoms with E-state index in [1.165, 1.54) is 30.3 Å². The zero-order valence-corrected chi connectivity index (χ0v) is 11.5. The molecule has 0 N–H and O–H groups in total. The predicted octanol–water partition coefficient (Wildman–Crippen LogP) is 3.17. The molecule has 6 heteroatoms. The number of para-hydroxylation sites is 1. The van der Waals surface area contributed by atoms with Gasteiger partial charge in [0.15, 0.2) is 11.6 Å². The zero-order chi connectivity index (χ0) is 15.0. The Bertz CT molecular complexity index is 842. The third-order valence-electron chi connectivity index (χ3n) is 3.13. The third kappa shape index (κ3) is 2.42. The maximum absolute atomic E-state index is 13.4. The van der Waals surface area contributed by atoms with Crippen molar-refractivity contribution in [2.45, 2.75) is 4.90 Å². The van der Waals surface area contributed by atoms with Gasteiger partial charge in [-0.2, -0.15) is 0 Å². The molecule has 0 unspecified atom stereocenters. The molecule has 1 aliphatic rings. The van der Waals surface area contributed by atoms with Crippen LogP contribution in [-0.2, 0) is 9.84 Å². The molecule has 0 bridgehead atoms. The van der Waals surface area contributed by atoms with E-state index >= 15 is 0 Å². The molecule has 1 heterocycles. The molecule has 0 fully saturated rings. The molecule has 0 atom stereocenters. The Morgan fingerprint density at radius 3 is 2.57 bits per heavy atom. The number of fused-ring (bicyclic) bond motifs is 1. The molecule has 2 aromatic rings. The summed E-state index contributed by atoms with van der Waals surface area (Å²) in [6, 6.07) is 9.16. The largest absolute Gasteiger partial charge is 0.485 e. The van der Waals surface area contributed by atoms with Crippen molar-refractivity contribution in [3.8, 4) is 5.75 Å². The predicted molar refractivity (Wildman–Crippen MR) is 73.5 cm³/mol. The minimum absolute atomic E-state index is 0.0219. The van der Waals surface area contributed by atoms with Crippen molar-refractivity contribution in [3.05, 3.63) is 64.6 Å². The highest BCUT2D eigenvalue weighted by molar-refractivity contribution is 7.95. The fourth-order valence-electron chi connectivity index (χ4n) is 2.10. The summed E-state index contributed by atoms with van der Waals surface area (Å²) in [5.41, 5.74) is 0.280. The third-order valence-corrected chi connectivity index (χ3v) is 5.01. The topological polar surface area (TPSA) is 43.4 Å². The molecule has 0 aliphatic carbocycles. The highest BCUT2D eigenvalue weighted by Gasteiger charge is 2.30. The average molecular weight is 308 g/mol. The maximum atomic E-state index is 13.4. The number of sulfone groups is 1. The number of hydrogen-bond acceptors (Lipinski definition) is 3. The molecule has 0 amide bonds. The Morgan fingerprint density at radius 2 is 1.81 bits per heavy atom. The van der Waals surface area contributed by atoms with E-state index in [0.29, 0.717) is 0 Å². The SMILES string of the molecule is O=S1(=O)C(COc2ccccc2F)=Cc2cc(F)ccc21. The minimum Gasteiger partial charge on any atom is -0.485 e. The van der Waals surface area contributed by atoms with Crippen molar-refractivity contribution < 1.29 is 21.9 Å². The van der Waals surface area contributed by atoms with Crippen molar-refractivity contribution in [2.75, 3.05) is 6.61 Å². The van der Waals surface area contributed by atoms with Crippen molar-refractivity contribution in [3.63, 3.8) is 0 Å². The second-order valence-corrected chi connectivity index (χ2v) is 6.49. The molecule has 0 spiro atoms. The molecule has 3 nitrogen and oxygen atoms in total. The Morgan fingerprint density at radius 1 is 1.05 bits per heavy atom. The second kappa shape index (κ2) is 4.96. The van der Waals surface area contributed by atoms with Crippen LogP contribution in [0.4, 0.5) is 8.78 Å². The van der Waals surface area contributed by atoms with E-state index in [-0.39, 0.29) is 27.7 Å². The lowest BCUT2D eigenvalue weighted by molar-refractivity contribution is 0.338. The first-order valence-electron chi connectivity index (χ1n) is 6.11. The first kappa shape index (κ1) is 13.8. The lowest BCUT2D eigenvalue weighted by Crippen LogP contribution is -2.09. The highest BCUT2D eigenvalue weighted by atomic mass is 32.2. The van der Waals surface area contributed by atoms with E-state index in [9.17, 15) is 17.2 Å². The van der Waals surface area contributed by atoms with E-state index in [1.807, 2.05) is 0 Å². The molecular formula is C15H10F2O3S. The number of halogens is 2. The molecule has 0 radical (unpaired) electrons. The lowest BCUT2D eigenvalue weighted by Gasteiger charge is -2.08. The maximum Gasteiger partial charge on any atom is 0.206 e. The summed E-state index contributed by atoms with van der Waals surface area (Å²) < 4.78 is 56.2. The molecule has 108 valence electrons. The lowest BCUT2D eigenvalue weighted by atomic mass is 10.2. The molecular weight excluding hydrogens is 298 g/mol. The van der Waals surface area contributed by atoms with Crippen molar-refractivity contribution in [1.82, 2.24) is 0 Å². The van der Waals surface area contributed by atoms with Gasteiger partial charge in [-0.1, -0.05) is 12.1 Å². The molecule has 2 aromatic carbocycles. The van der Waals surface area contributed by atoms with Gasteiger partial charge in [0.25, 0.3) is 0 Å². The Balaban J connectivity index is 1.88. The number of ether oxygens (including phenoxy) is 1. The molecule has 0 aromatic heterocycles. The van der Waals surface area contributed by atoms with Gasteiger partial charge in [-0.15, -0.1) is 0 Å². The summed E-state index contributed by atoms with van der Waals surface area (Å²) in [5.74, 6) is -1.12. The zero-order valence-electron chi connectivity index (χ0n) is 10.7. The Labute approximate surface area is 120 Å². The van der Waals surface area contributed by atoms with Gasteiger partial charge < -0.3 is 4.74 Å². The molecule has 21 heavy (non-hydrogen) atoms. The van der Waals surface area contributed by atoms with Crippen LogP contribution in [0.2, 0.25) is 0 Å². The fourth-order valence-corrected chi connectivity index (χ4v) is 3.55. The summed E-state index contributed by atoms with van der Waals surface area (Å²) in [6.45, 7) is -0.306. The average Bonchev–Trinajstić information content (AvgIpc) is 2.68. The summed E-state index contributed by atoms with van der Waals surface area (Å²) in [4.78, 5) is 0.0161. The van der Waals surface area contributed by atoms with E-state index in [4.69, 9.17) is 4.74 Å². The molecule has 0 saturated heterocycles. The van der Waals surface area contributed by atoms with E-state index < -0.39 is 21.5 Å². The Hall–Kier alpha value is -2.21. The van der Waals surface area contributed by atoms with E-state index in [2.05, 4.69) is 0 Å². The van der Waals surface area contributed by atoms with Gasteiger partial charge in [0, 0.05) is 0 Å². The normalized spacial score (nSPS) is 15.4. The minimum atomic E-state index is -3.70. The summed E-state index contributed by atoms with van der Waals surface area (Å²) in [6.07, 6.45) is 1.34. The van der Waals surface area contributed by atoms with E-state index in [0.717, 1.165) is 12.1 Å². The van der Waals surface area contributed by atoms with Crippen LogP contribution in [-0.4, -0.2) is 15.0 Å². The molecule has 0 saturated carbocycles. The van der Waals surface area contributed by atoms with Gasteiger partial charge in [0.2, 0.25) is 9.84 Å². The van der Waals surface area contributed by atoms with Crippen molar-refractivity contribution in [1.29, 1.82) is 0 Å². The summed E-state index contributed by atoms with van der Waals surface area (Å²) in [5, 5.41) is 0. The van der Waals surface area contributed by atoms with Crippen LogP contribution in [0.1, 0.15) is 5.56 Å². The van der Waals surface area contributed by atoms with Gasteiger partial charge in [0.05, 0.1) is 9.80 Å². The van der Waals surface area contributed by atoms with Crippen LogP contribution < -0.4 is 4.74 Å². The van der Waals surface area contributed by atoms with Crippen LogP contribution in [0.15, 0.2) is 52.3 Å². The first-order valence-corrected chi connectivity index (χ1v) is 7.59. The summed E-state index contributed by atoms with van der Waals surface area (Å²) >= 11 is 0. The highest BCUT2D eigenvalue weighted by Crippen LogP contribution is 2.33. The second-order valence-electron chi connectivity index (χ2n) is 4.52.